The quantitative estimate of drug-likeness (QED) is 0.820. The van der Waals surface area contributed by atoms with Gasteiger partial charge in [0.15, 0.2) is 0 Å². The SMILES string of the molecule is Cc1cccnc1CCCN1CC(=O)N(Cc2ccn[nH]2)C1=O. The third-order valence-electron chi connectivity index (χ3n) is 3.97. The Labute approximate surface area is 134 Å². The number of rotatable bonds is 6. The number of nitrogens with one attached hydrogen (secondary N) is 1. The van der Waals surface area contributed by atoms with Crippen molar-refractivity contribution >= 4 is 11.9 Å². The van der Waals surface area contributed by atoms with Gasteiger partial charge in [0, 0.05) is 24.6 Å². The number of carbonyl (C=O) groups is 2. The van der Waals surface area contributed by atoms with Gasteiger partial charge in [-0.2, -0.15) is 5.10 Å². The maximum atomic E-state index is 12.3. The molecule has 0 spiro atoms. The van der Waals surface area contributed by atoms with Crippen LogP contribution in [-0.4, -0.2) is 50.0 Å². The number of urea groups is 1. The van der Waals surface area contributed by atoms with E-state index in [0.717, 1.165) is 29.8 Å². The molecule has 3 amide bonds. The van der Waals surface area contributed by atoms with Crippen molar-refractivity contribution in [1.29, 1.82) is 0 Å². The third-order valence-corrected chi connectivity index (χ3v) is 3.97. The van der Waals surface area contributed by atoms with Crippen molar-refractivity contribution in [2.75, 3.05) is 13.1 Å². The lowest BCUT2D eigenvalue weighted by atomic mass is 10.1. The summed E-state index contributed by atoms with van der Waals surface area (Å²) in [4.78, 5) is 31.6. The average Bonchev–Trinajstić information content (AvgIpc) is 3.14. The fraction of sp³-hybridized carbons (Fsp3) is 0.375. The van der Waals surface area contributed by atoms with Crippen LogP contribution in [0.5, 0.6) is 0 Å². The van der Waals surface area contributed by atoms with Gasteiger partial charge in [-0.25, -0.2) is 4.79 Å². The molecule has 1 N–H and O–H groups in total. The van der Waals surface area contributed by atoms with Crippen molar-refractivity contribution in [2.45, 2.75) is 26.3 Å². The zero-order valence-electron chi connectivity index (χ0n) is 13.0. The van der Waals surface area contributed by atoms with Gasteiger partial charge in [0.1, 0.15) is 6.54 Å². The van der Waals surface area contributed by atoms with Crippen LogP contribution in [0.3, 0.4) is 0 Å². The molecule has 1 aliphatic heterocycles. The fourth-order valence-corrected chi connectivity index (χ4v) is 2.68. The highest BCUT2D eigenvalue weighted by atomic mass is 16.2. The highest BCUT2D eigenvalue weighted by Gasteiger charge is 2.35. The zero-order valence-corrected chi connectivity index (χ0v) is 13.0. The van der Waals surface area contributed by atoms with E-state index in [1.807, 2.05) is 19.1 Å². The van der Waals surface area contributed by atoms with Crippen LogP contribution in [0.15, 0.2) is 30.6 Å². The number of pyridine rings is 1. The van der Waals surface area contributed by atoms with E-state index in [1.54, 1.807) is 23.4 Å². The van der Waals surface area contributed by atoms with Crippen LogP contribution >= 0.6 is 0 Å². The van der Waals surface area contributed by atoms with Gasteiger partial charge in [0.25, 0.3) is 5.91 Å². The lowest BCUT2D eigenvalue weighted by Gasteiger charge is -2.16. The molecule has 3 rings (SSSR count). The van der Waals surface area contributed by atoms with Crippen LogP contribution in [-0.2, 0) is 17.8 Å². The Kier molecular flexibility index (Phi) is 4.36. The first kappa shape index (κ1) is 15.2. The standard InChI is InChI=1S/C16H19N5O2/c1-12-4-2-7-17-14(12)5-3-9-20-11-15(22)21(16(20)23)10-13-6-8-18-19-13/h2,4,6-8H,3,5,9-11H2,1H3,(H,18,19). The third kappa shape index (κ3) is 3.39. The number of amides is 3. The Balaban J connectivity index is 1.54. The molecule has 1 fully saturated rings. The Hall–Kier alpha value is -2.70. The first-order chi connectivity index (χ1) is 11.1. The molecule has 0 radical (unpaired) electrons. The maximum Gasteiger partial charge on any atom is 0.327 e. The lowest BCUT2D eigenvalue weighted by molar-refractivity contribution is -0.125. The number of hydrogen-bond acceptors (Lipinski definition) is 4. The molecule has 2 aromatic rings. The van der Waals surface area contributed by atoms with E-state index in [-0.39, 0.29) is 25.0 Å². The highest BCUT2D eigenvalue weighted by Crippen LogP contribution is 2.15. The molecule has 7 heteroatoms. The molecule has 0 saturated carbocycles. The number of aromatic nitrogens is 3. The Morgan fingerprint density at radius 2 is 2.13 bits per heavy atom. The normalized spacial score (nSPS) is 14.8. The molecule has 0 atom stereocenters. The average molecular weight is 313 g/mol. The van der Waals surface area contributed by atoms with Crippen molar-refractivity contribution in [2.24, 2.45) is 0 Å². The van der Waals surface area contributed by atoms with Crippen LogP contribution in [0.1, 0.15) is 23.4 Å². The van der Waals surface area contributed by atoms with E-state index in [9.17, 15) is 9.59 Å². The number of aryl methyl sites for hydroxylation is 2. The summed E-state index contributed by atoms with van der Waals surface area (Å²) in [5, 5.41) is 6.60. The molecular weight excluding hydrogens is 294 g/mol. The summed E-state index contributed by atoms with van der Waals surface area (Å²) in [6, 6.07) is 5.46. The van der Waals surface area contributed by atoms with Gasteiger partial charge in [-0.15, -0.1) is 0 Å². The summed E-state index contributed by atoms with van der Waals surface area (Å²) >= 11 is 0. The largest absolute Gasteiger partial charge is 0.327 e. The number of imide groups is 1. The molecule has 0 aliphatic carbocycles. The second-order valence-electron chi connectivity index (χ2n) is 5.64. The first-order valence-electron chi connectivity index (χ1n) is 7.63. The summed E-state index contributed by atoms with van der Waals surface area (Å²) in [6.45, 7) is 2.97. The summed E-state index contributed by atoms with van der Waals surface area (Å²) in [6.07, 6.45) is 4.96. The van der Waals surface area contributed by atoms with Crippen LogP contribution in [0, 0.1) is 6.92 Å². The monoisotopic (exact) mass is 313 g/mol. The van der Waals surface area contributed by atoms with Gasteiger partial charge in [-0.1, -0.05) is 6.07 Å². The summed E-state index contributed by atoms with van der Waals surface area (Å²) in [5.41, 5.74) is 2.94. The van der Waals surface area contributed by atoms with Gasteiger partial charge >= 0.3 is 6.03 Å². The molecule has 3 heterocycles. The second kappa shape index (κ2) is 6.60. The van der Waals surface area contributed by atoms with Crippen molar-refractivity contribution in [3.63, 3.8) is 0 Å². The van der Waals surface area contributed by atoms with Crippen LogP contribution in [0.4, 0.5) is 4.79 Å². The van der Waals surface area contributed by atoms with Crippen LogP contribution in [0.2, 0.25) is 0 Å². The van der Waals surface area contributed by atoms with E-state index in [0.29, 0.717) is 6.54 Å². The molecule has 7 nitrogen and oxygen atoms in total. The maximum absolute atomic E-state index is 12.3. The predicted octanol–water partition coefficient (Wildman–Crippen LogP) is 1.51. The van der Waals surface area contributed by atoms with Gasteiger partial charge in [-0.05, 0) is 37.5 Å². The Morgan fingerprint density at radius 1 is 1.26 bits per heavy atom. The molecule has 1 aliphatic rings. The minimum absolute atomic E-state index is 0.147. The lowest BCUT2D eigenvalue weighted by Crippen LogP contribution is -2.33. The Morgan fingerprint density at radius 3 is 2.87 bits per heavy atom. The van der Waals surface area contributed by atoms with Gasteiger partial charge in [0.05, 0.1) is 12.2 Å². The molecule has 0 aromatic carbocycles. The topological polar surface area (TPSA) is 82.2 Å². The number of hydrogen-bond donors (Lipinski definition) is 1. The highest BCUT2D eigenvalue weighted by molar-refractivity contribution is 6.01. The van der Waals surface area contributed by atoms with E-state index < -0.39 is 0 Å². The minimum Gasteiger partial charge on any atom is -0.315 e. The zero-order chi connectivity index (χ0) is 16.2. The molecule has 1 saturated heterocycles. The fourth-order valence-electron chi connectivity index (χ4n) is 2.68. The van der Waals surface area contributed by atoms with E-state index in [2.05, 4.69) is 15.2 Å². The molecule has 120 valence electrons. The first-order valence-corrected chi connectivity index (χ1v) is 7.63. The van der Waals surface area contributed by atoms with Gasteiger partial charge in [-0.3, -0.25) is 19.8 Å². The number of nitrogens with zero attached hydrogens (tertiary/aromatic N) is 4. The number of H-pyrrole nitrogens is 1. The van der Waals surface area contributed by atoms with Crippen LogP contribution < -0.4 is 0 Å². The van der Waals surface area contributed by atoms with Crippen molar-refractivity contribution < 1.29 is 9.59 Å². The molecule has 23 heavy (non-hydrogen) atoms. The summed E-state index contributed by atoms with van der Waals surface area (Å²) < 4.78 is 0. The second-order valence-corrected chi connectivity index (χ2v) is 5.64. The smallest absolute Gasteiger partial charge is 0.315 e. The van der Waals surface area contributed by atoms with Crippen LogP contribution in [0.25, 0.3) is 0 Å². The number of aromatic amines is 1. The van der Waals surface area contributed by atoms with Crippen molar-refractivity contribution in [1.82, 2.24) is 25.0 Å². The van der Waals surface area contributed by atoms with Crippen molar-refractivity contribution in [3.8, 4) is 0 Å². The predicted molar refractivity (Wildman–Crippen MR) is 83.4 cm³/mol. The Bertz CT molecular complexity index is 698. The summed E-state index contributed by atoms with van der Waals surface area (Å²) in [7, 11) is 0. The molecule has 0 bridgehead atoms. The number of carbonyl (C=O) groups excluding carboxylic acids is 2. The van der Waals surface area contributed by atoms with E-state index >= 15 is 0 Å². The van der Waals surface area contributed by atoms with Crippen molar-refractivity contribution in [3.05, 3.63) is 47.5 Å². The van der Waals surface area contributed by atoms with Gasteiger partial charge < -0.3 is 4.90 Å². The van der Waals surface area contributed by atoms with Gasteiger partial charge in [0.2, 0.25) is 0 Å². The minimum atomic E-state index is -0.234. The molecular formula is C16H19N5O2. The van der Waals surface area contributed by atoms with E-state index in [4.69, 9.17) is 0 Å². The molecule has 2 aromatic heterocycles. The molecule has 0 unspecified atom stereocenters. The summed E-state index contributed by atoms with van der Waals surface area (Å²) in [5.74, 6) is -0.168. The van der Waals surface area contributed by atoms with E-state index in [1.165, 1.54) is 4.90 Å².